The molecule has 1 saturated heterocycles. The summed E-state index contributed by atoms with van der Waals surface area (Å²) < 4.78 is 17.0. The Kier molecular flexibility index (Phi) is 6.25. The largest absolute Gasteiger partial charge is 0.496 e. The third-order valence-electron chi connectivity index (χ3n) is 5.21. The van der Waals surface area contributed by atoms with Crippen LogP contribution in [0.4, 0.5) is 4.79 Å². The molecule has 0 spiro atoms. The number of Topliss-reactive ketones (excluding diaryl/α,β-unsaturated/α-hetero) is 1. The van der Waals surface area contributed by atoms with Gasteiger partial charge in [0.2, 0.25) is 5.78 Å². The summed E-state index contributed by atoms with van der Waals surface area (Å²) >= 11 is 0. The molecule has 1 aliphatic rings. The Hall–Kier alpha value is -2.76. The lowest BCUT2D eigenvalue weighted by Gasteiger charge is -2.33. The number of amides is 1. The third-order valence-corrected chi connectivity index (χ3v) is 5.21. The van der Waals surface area contributed by atoms with Crippen molar-refractivity contribution in [1.29, 1.82) is 0 Å². The first-order valence-electron chi connectivity index (χ1n) is 10.4. The van der Waals surface area contributed by atoms with Crippen LogP contribution in [0, 0.1) is 19.8 Å². The summed E-state index contributed by atoms with van der Waals surface area (Å²) in [5.74, 6) is 1.28. The first-order chi connectivity index (χ1) is 14.1. The Morgan fingerprint density at radius 1 is 1.17 bits per heavy atom. The van der Waals surface area contributed by atoms with Gasteiger partial charge < -0.3 is 18.8 Å². The quantitative estimate of drug-likeness (QED) is 0.628. The Bertz CT molecular complexity index is 938. The lowest BCUT2D eigenvalue weighted by Crippen LogP contribution is -2.44. The molecule has 1 aromatic carbocycles. The van der Waals surface area contributed by atoms with Crippen molar-refractivity contribution in [1.82, 2.24) is 4.90 Å². The van der Waals surface area contributed by atoms with Gasteiger partial charge in [-0.2, -0.15) is 0 Å². The number of nitrogens with zero attached hydrogens (tertiary/aromatic N) is 1. The second kappa shape index (κ2) is 8.54. The first-order valence-corrected chi connectivity index (χ1v) is 10.4. The molecule has 0 N–H and O–H groups in total. The van der Waals surface area contributed by atoms with Gasteiger partial charge in [0.25, 0.3) is 0 Å². The first kappa shape index (κ1) is 21.9. The van der Waals surface area contributed by atoms with E-state index in [0.717, 1.165) is 29.5 Å². The number of ether oxygens (including phenoxy) is 2. The van der Waals surface area contributed by atoms with Gasteiger partial charge in [0, 0.05) is 19.0 Å². The molecule has 3 rings (SSSR count). The van der Waals surface area contributed by atoms with Crippen molar-refractivity contribution in [2.45, 2.75) is 53.1 Å². The minimum absolute atomic E-state index is 0.0799. The van der Waals surface area contributed by atoms with Crippen LogP contribution in [0.25, 0.3) is 11.3 Å². The van der Waals surface area contributed by atoms with E-state index in [1.165, 1.54) is 0 Å². The van der Waals surface area contributed by atoms with Crippen molar-refractivity contribution < 1.29 is 23.5 Å². The number of likely N-dealkylation sites (tertiary alicyclic amines) is 1. The van der Waals surface area contributed by atoms with Crippen LogP contribution in [0.2, 0.25) is 0 Å². The molecule has 1 aromatic heterocycles. The van der Waals surface area contributed by atoms with Gasteiger partial charge in [0.1, 0.15) is 17.1 Å². The fourth-order valence-electron chi connectivity index (χ4n) is 3.74. The summed E-state index contributed by atoms with van der Waals surface area (Å²) in [5.41, 5.74) is 2.22. The maximum Gasteiger partial charge on any atom is 0.410 e. The number of carbonyl (C=O) groups excluding carboxylic acids is 2. The van der Waals surface area contributed by atoms with Crippen molar-refractivity contribution in [2.75, 3.05) is 20.2 Å². The summed E-state index contributed by atoms with van der Waals surface area (Å²) in [6, 6.07) is 7.66. The molecule has 0 aliphatic carbocycles. The number of carbonyl (C=O) groups is 2. The van der Waals surface area contributed by atoms with Crippen LogP contribution in [0.1, 0.15) is 55.3 Å². The van der Waals surface area contributed by atoms with E-state index in [1.54, 1.807) is 18.1 Å². The molecular formula is C24H31NO5. The molecule has 0 radical (unpaired) electrons. The summed E-state index contributed by atoms with van der Waals surface area (Å²) in [6.45, 7) is 10.4. The average Bonchev–Trinajstić information content (AvgIpc) is 3.07. The van der Waals surface area contributed by atoms with Crippen molar-refractivity contribution >= 4 is 11.9 Å². The highest BCUT2D eigenvalue weighted by Gasteiger charge is 2.33. The molecule has 0 saturated carbocycles. The zero-order chi connectivity index (χ0) is 22.1. The fraction of sp³-hybridized carbons (Fsp3) is 0.500. The van der Waals surface area contributed by atoms with E-state index < -0.39 is 5.60 Å². The van der Waals surface area contributed by atoms with Gasteiger partial charge in [-0.15, -0.1) is 0 Å². The Morgan fingerprint density at radius 2 is 1.90 bits per heavy atom. The number of piperidine rings is 1. The summed E-state index contributed by atoms with van der Waals surface area (Å²) in [4.78, 5) is 27.2. The van der Waals surface area contributed by atoms with E-state index in [4.69, 9.17) is 13.9 Å². The van der Waals surface area contributed by atoms with Crippen molar-refractivity contribution in [3.63, 3.8) is 0 Å². The number of hydrogen-bond donors (Lipinski definition) is 0. The summed E-state index contributed by atoms with van der Waals surface area (Å²) in [6.07, 6.45) is 1.11. The van der Waals surface area contributed by atoms with E-state index in [1.807, 2.05) is 52.8 Å². The molecule has 30 heavy (non-hydrogen) atoms. The number of rotatable bonds is 4. The highest BCUT2D eigenvalue weighted by atomic mass is 16.6. The molecule has 1 fully saturated rings. The Labute approximate surface area is 178 Å². The third kappa shape index (κ3) is 4.86. The van der Waals surface area contributed by atoms with Crippen LogP contribution in [-0.2, 0) is 4.74 Å². The molecule has 0 bridgehead atoms. The second-order valence-electron chi connectivity index (χ2n) is 8.96. The van der Waals surface area contributed by atoms with E-state index >= 15 is 0 Å². The van der Waals surface area contributed by atoms with Gasteiger partial charge in [0.15, 0.2) is 5.76 Å². The van der Waals surface area contributed by atoms with Gasteiger partial charge in [-0.25, -0.2) is 4.79 Å². The van der Waals surface area contributed by atoms with Crippen LogP contribution < -0.4 is 4.74 Å². The normalized spacial score (nSPS) is 17.0. The number of hydrogen-bond acceptors (Lipinski definition) is 5. The predicted octanol–water partition coefficient (Wildman–Crippen LogP) is 5.40. The highest BCUT2D eigenvalue weighted by molar-refractivity contribution is 5.96. The van der Waals surface area contributed by atoms with Crippen LogP contribution >= 0.6 is 0 Å². The van der Waals surface area contributed by atoms with E-state index in [9.17, 15) is 9.59 Å². The summed E-state index contributed by atoms with van der Waals surface area (Å²) in [5, 5.41) is 0. The zero-order valence-corrected chi connectivity index (χ0v) is 18.7. The molecule has 2 aromatic rings. The van der Waals surface area contributed by atoms with E-state index in [0.29, 0.717) is 30.4 Å². The SMILES string of the molecule is COc1cc(C)ccc1-c1oc(C(=O)[C@@H]2CCCN(C(=O)OC(C)(C)C)C2)cc1C. The molecule has 6 heteroatoms. The Morgan fingerprint density at radius 3 is 2.57 bits per heavy atom. The lowest BCUT2D eigenvalue weighted by molar-refractivity contribution is 0.0170. The number of benzene rings is 1. The monoisotopic (exact) mass is 413 g/mol. The van der Waals surface area contributed by atoms with Gasteiger partial charge in [-0.1, -0.05) is 6.07 Å². The molecule has 162 valence electrons. The van der Waals surface area contributed by atoms with Crippen LogP contribution in [0.15, 0.2) is 28.7 Å². The highest BCUT2D eigenvalue weighted by Crippen LogP contribution is 2.36. The predicted molar refractivity (Wildman–Crippen MR) is 115 cm³/mol. The smallest absolute Gasteiger partial charge is 0.410 e. The second-order valence-corrected chi connectivity index (χ2v) is 8.96. The van der Waals surface area contributed by atoms with Gasteiger partial charge >= 0.3 is 6.09 Å². The van der Waals surface area contributed by atoms with Crippen LogP contribution in [0.5, 0.6) is 5.75 Å². The van der Waals surface area contributed by atoms with Gasteiger partial charge in [0.05, 0.1) is 12.7 Å². The maximum absolute atomic E-state index is 13.2. The molecule has 1 aliphatic heterocycles. The lowest BCUT2D eigenvalue weighted by atomic mass is 9.92. The van der Waals surface area contributed by atoms with Crippen molar-refractivity contribution in [3.8, 4) is 17.1 Å². The summed E-state index contributed by atoms with van der Waals surface area (Å²) in [7, 11) is 1.62. The van der Waals surface area contributed by atoms with Crippen molar-refractivity contribution in [3.05, 3.63) is 41.2 Å². The van der Waals surface area contributed by atoms with E-state index in [-0.39, 0.29) is 17.8 Å². The van der Waals surface area contributed by atoms with Crippen molar-refractivity contribution in [2.24, 2.45) is 5.92 Å². The minimum atomic E-state index is -0.561. The van der Waals surface area contributed by atoms with Gasteiger partial charge in [-0.05, 0) is 76.8 Å². The molecule has 1 atom stereocenters. The van der Waals surface area contributed by atoms with E-state index in [2.05, 4.69) is 0 Å². The Balaban J connectivity index is 1.79. The number of aryl methyl sites for hydroxylation is 2. The number of furan rings is 1. The maximum atomic E-state index is 13.2. The number of ketones is 1. The fourth-order valence-corrected chi connectivity index (χ4v) is 3.74. The molecule has 6 nitrogen and oxygen atoms in total. The molecule has 2 heterocycles. The van der Waals surface area contributed by atoms with Crippen LogP contribution in [0.3, 0.4) is 0 Å². The standard InChI is InChI=1S/C24H31NO5/c1-15-9-10-18(19(12-15)28-6)22-16(2)13-20(29-22)21(26)17-8-7-11-25(14-17)23(27)30-24(3,4)5/h9-10,12-13,17H,7-8,11,14H2,1-6H3/t17-/m1/s1. The molecule has 1 amide bonds. The zero-order valence-electron chi connectivity index (χ0n) is 18.7. The average molecular weight is 414 g/mol. The van der Waals surface area contributed by atoms with Crippen LogP contribution in [-0.4, -0.2) is 42.6 Å². The molecular weight excluding hydrogens is 382 g/mol. The van der Waals surface area contributed by atoms with Gasteiger partial charge in [-0.3, -0.25) is 4.79 Å². The molecule has 0 unspecified atom stereocenters. The topological polar surface area (TPSA) is 69.0 Å². The minimum Gasteiger partial charge on any atom is -0.496 e. The number of methoxy groups -OCH3 is 1.